The number of nitrogens with two attached hydrogens (primary N) is 6. The number of primary amides is 5. The van der Waals surface area contributed by atoms with Gasteiger partial charge in [-0.05, 0) is 63.1 Å². The van der Waals surface area contributed by atoms with Crippen molar-refractivity contribution in [3.05, 3.63) is 29.8 Å². The Kier molecular flexibility index (Phi) is 23.6. The highest BCUT2D eigenvalue weighted by Crippen LogP contribution is 2.12. The molecule has 11 amide bonds. The van der Waals surface area contributed by atoms with Crippen LogP contribution in [0.2, 0.25) is 0 Å². The van der Waals surface area contributed by atoms with Gasteiger partial charge >= 0.3 is 5.97 Å². The van der Waals surface area contributed by atoms with E-state index in [1.165, 1.54) is 24.3 Å². The number of hydrogen-bond donors (Lipinski definition) is 15. The van der Waals surface area contributed by atoms with Crippen molar-refractivity contribution in [3.8, 4) is 5.75 Å². The summed E-state index contributed by atoms with van der Waals surface area (Å²) in [5.74, 6) is -13.1. The first-order chi connectivity index (χ1) is 30.3. The molecule has 0 aliphatic heterocycles. The summed E-state index contributed by atoms with van der Waals surface area (Å²) in [6, 6.07) is -5.92. The Hall–Kier alpha value is -7.42. The smallest absolute Gasteiger partial charge is 0.328 e. The summed E-state index contributed by atoms with van der Waals surface area (Å²) >= 11 is 0. The van der Waals surface area contributed by atoms with Crippen LogP contribution in [0.4, 0.5) is 0 Å². The molecule has 27 heteroatoms. The van der Waals surface area contributed by atoms with Crippen molar-refractivity contribution >= 4 is 70.9 Å². The molecular weight excluding hydrogens is 864 g/mol. The number of aliphatic hydroxyl groups is 1. The van der Waals surface area contributed by atoms with Crippen molar-refractivity contribution in [2.24, 2.45) is 34.4 Å². The molecule has 0 heterocycles. The summed E-state index contributed by atoms with van der Waals surface area (Å²) < 4.78 is 0. The van der Waals surface area contributed by atoms with Gasteiger partial charge in [0.25, 0.3) is 0 Å². The number of nitrogens with one attached hydrogen (secondary N) is 6. The molecule has 0 aliphatic carbocycles. The van der Waals surface area contributed by atoms with Crippen LogP contribution < -0.4 is 66.3 Å². The molecule has 1 rings (SSSR count). The second kappa shape index (κ2) is 27.6. The number of aliphatic carboxylic acids is 1. The molecule has 0 saturated carbocycles. The summed E-state index contributed by atoms with van der Waals surface area (Å²) in [6.45, 7) is 1.05. The van der Waals surface area contributed by atoms with Crippen molar-refractivity contribution in [2.75, 3.05) is 0 Å². The van der Waals surface area contributed by atoms with Crippen molar-refractivity contribution in [1.29, 1.82) is 0 Å². The highest BCUT2D eigenvalue weighted by atomic mass is 16.4. The normalized spacial score (nSPS) is 14.5. The van der Waals surface area contributed by atoms with Gasteiger partial charge in [-0.2, -0.15) is 0 Å². The van der Waals surface area contributed by atoms with Gasteiger partial charge in [0.1, 0.15) is 36.0 Å². The van der Waals surface area contributed by atoms with Crippen LogP contribution in [-0.4, -0.2) is 135 Å². The Balaban J connectivity index is 3.46. The lowest BCUT2D eigenvalue weighted by Gasteiger charge is -2.27. The number of amides is 11. The number of aromatic hydroxyl groups is 1. The van der Waals surface area contributed by atoms with Crippen LogP contribution >= 0.6 is 0 Å². The maximum Gasteiger partial charge on any atom is 0.328 e. The van der Waals surface area contributed by atoms with E-state index in [-0.39, 0.29) is 12.2 Å². The van der Waals surface area contributed by atoms with E-state index < -0.39 is 184 Å². The summed E-state index contributed by atoms with van der Waals surface area (Å²) in [7, 11) is 0. The molecule has 1 aromatic carbocycles. The Morgan fingerprint density at radius 1 is 0.477 bits per heavy atom. The highest BCUT2D eigenvalue weighted by Gasteiger charge is 2.35. The molecule has 21 N–H and O–H groups in total. The van der Waals surface area contributed by atoms with Gasteiger partial charge in [-0.25, -0.2) is 4.79 Å². The van der Waals surface area contributed by atoms with Gasteiger partial charge in [0.05, 0.1) is 12.1 Å². The molecule has 360 valence electrons. The van der Waals surface area contributed by atoms with Crippen LogP contribution in [-0.2, 0) is 64.0 Å². The summed E-state index contributed by atoms with van der Waals surface area (Å²) in [5, 5.41) is 42.2. The van der Waals surface area contributed by atoms with E-state index in [4.69, 9.17) is 34.4 Å². The zero-order valence-corrected chi connectivity index (χ0v) is 35.4. The van der Waals surface area contributed by atoms with Crippen LogP contribution in [0, 0.1) is 0 Å². The van der Waals surface area contributed by atoms with Crippen LogP contribution in [0.1, 0.15) is 76.7 Å². The molecule has 0 radical (unpaired) electrons. The number of phenols is 1. The van der Waals surface area contributed by atoms with E-state index in [1.807, 2.05) is 5.32 Å². The third-order valence-corrected chi connectivity index (χ3v) is 9.34. The average molecular weight is 923 g/mol. The molecular formula is C38H58N12O15. The molecule has 0 aromatic heterocycles. The van der Waals surface area contributed by atoms with Crippen molar-refractivity contribution in [2.45, 2.75) is 126 Å². The predicted molar refractivity (Wildman–Crippen MR) is 223 cm³/mol. The summed E-state index contributed by atoms with van der Waals surface area (Å²) in [5.41, 5.74) is 32.9. The third-order valence-electron chi connectivity index (χ3n) is 9.34. The van der Waals surface area contributed by atoms with Crippen LogP contribution in [0.5, 0.6) is 5.75 Å². The van der Waals surface area contributed by atoms with E-state index >= 15 is 0 Å². The van der Waals surface area contributed by atoms with Gasteiger partial charge in [0.2, 0.25) is 65.0 Å². The Morgan fingerprint density at radius 3 is 0.985 bits per heavy atom. The largest absolute Gasteiger partial charge is 0.508 e. The maximum absolute atomic E-state index is 13.8. The molecule has 8 atom stereocenters. The van der Waals surface area contributed by atoms with E-state index in [1.54, 1.807) is 0 Å². The molecule has 27 nitrogen and oxygen atoms in total. The molecule has 0 spiro atoms. The SMILES string of the molecule is C[C@@H](O)[C@H](NC(=O)[C@H](CCC(N)=O)NC(=O)[C@H](CCC(N)=O)NC(=O)[C@H](CCC(N)=O)NC(=O)[C@H](CCC(N)=O)NC(=O)[C@H](CCC(N)=O)NC(=O)[C@@H](N)Cc1ccc(O)cc1)C(=O)O. The quantitative estimate of drug-likeness (QED) is 0.0329. The summed E-state index contributed by atoms with van der Waals surface area (Å²) in [4.78, 5) is 151. The number of hydrogen-bond acceptors (Lipinski definition) is 15. The lowest BCUT2D eigenvalue weighted by atomic mass is 10.0. The number of rotatable bonds is 31. The average Bonchev–Trinajstić information content (AvgIpc) is 3.21. The number of carbonyl (C=O) groups excluding carboxylic acids is 11. The second-order valence-electron chi connectivity index (χ2n) is 14.9. The molecule has 0 saturated heterocycles. The molecule has 0 fully saturated rings. The predicted octanol–water partition coefficient (Wildman–Crippen LogP) is -7.04. The Bertz CT molecular complexity index is 1910. The number of aliphatic hydroxyl groups excluding tert-OH is 1. The van der Waals surface area contributed by atoms with Gasteiger partial charge in [0, 0.05) is 32.1 Å². The fourth-order valence-corrected chi connectivity index (χ4v) is 5.77. The van der Waals surface area contributed by atoms with E-state index in [2.05, 4.69) is 26.6 Å². The van der Waals surface area contributed by atoms with Gasteiger partial charge in [-0.3, -0.25) is 52.7 Å². The highest BCUT2D eigenvalue weighted by molar-refractivity contribution is 5.98. The molecule has 65 heavy (non-hydrogen) atoms. The number of phenolic OH excluding ortho intramolecular Hbond substituents is 1. The first-order valence-electron chi connectivity index (χ1n) is 20.0. The second-order valence-corrected chi connectivity index (χ2v) is 14.9. The van der Waals surface area contributed by atoms with E-state index in [0.717, 1.165) is 6.92 Å². The van der Waals surface area contributed by atoms with Gasteiger partial charge in [0.15, 0.2) is 6.04 Å². The Labute approximate surface area is 371 Å². The van der Waals surface area contributed by atoms with E-state index in [0.29, 0.717) is 5.56 Å². The Morgan fingerprint density at radius 2 is 0.738 bits per heavy atom. The van der Waals surface area contributed by atoms with Crippen molar-refractivity contribution < 1.29 is 72.9 Å². The monoisotopic (exact) mass is 922 g/mol. The number of carbonyl (C=O) groups is 12. The zero-order valence-electron chi connectivity index (χ0n) is 35.4. The van der Waals surface area contributed by atoms with Gasteiger partial charge < -0.3 is 81.6 Å². The minimum atomic E-state index is -1.87. The number of benzene rings is 1. The van der Waals surface area contributed by atoms with Gasteiger partial charge in [-0.15, -0.1) is 0 Å². The lowest BCUT2D eigenvalue weighted by Crippen LogP contribution is -2.60. The number of carboxylic acids is 1. The summed E-state index contributed by atoms with van der Waals surface area (Å²) in [6.07, 6.45) is -6.82. The number of carboxylic acid groups (broad SMARTS) is 1. The first-order valence-corrected chi connectivity index (χ1v) is 20.0. The van der Waals surface area contributed by atoms with Crippen LogP contribution in [0.25, 0.3) is 0 Å². The molecule has 0 bridgehead atoms. The minimum absolute atomic E-state index is 0.0437. The maximum atomic E-state index is 13.8. The molecule has 0 unspecified atom stereocenters. The van der Waals surface area contributed by atoms with Crippen LogP contribution in [0.15, 0.2) is 24.3 Å². The fourth-order valence-electron chi connectivity index (χ4n) is 5.77. The minimum Gasteiger partial charge on any atom is -0.508 e. The third kappa shape index (κ3) is 22.0. The van der Waals surface area contributed by atoms with Crippen LogP contribution in [0.3, 0.4) is 0 Å². The standard InChI is InChI=1S/C38H58N12O15/c1-17(51)31(38(64)65)50-37(63)25(10-15-30(44)57)49-36(62)24(9-14-29(43)56)48-35(61)23(8-13-28(42)55)47-34(60)22(7-12-27(41)54)46-33(59)21(6-11-26(40)53)45-32(58)20(39)16-18-2-4-19(52)5-3-18/h2-5,17,20-25,31,51-52H,6-16,39H2,1H3,(H2,40,53)(H2,41,54)(H2,42,55)(H2,43,56)(H2,44,57)(H,45,58)(H,46,59)(H,47,60)(H,48,61)(H,49,62)(H,50,63)(H,64,65)/t17-,20+,21+,22+,23+,24+,25+,31+/m1/s1. The molecule has 1 aromatic rings. The fraction of sp³-hybridized carbons (Fsp3) is 0.526. The lowest BCUT2D eigenvalue weighted by molar-refractivity contribution is -0.145. The van der Waals surface area contributed by atoms with E-state index in [9.17, 15) is 72.9 Å². The van der Waals surface area contributed by atoms with Crippen molar-refractivity contribution in [1.82, 2.24) is 31.9 Å². The topological polar surface area (TPSA) is 494 Å². The van der Waals surface area contributed by atoms with Gasteiger partial charge in [-0.1, -0.05) is 12.1 Å². The molecule has 0 aliphatic rings. The first kappa shape index (κ1) is 55.6. The van der Waals surface area contributed by atoms with Crippen molar-refractivity contribution in [3.63, 3.8) is 0 Å². The zero-order chi connectivity index (χ0) is 49.6.